The van der Waals surface area contributed by atoms with Crippen molar-refractivity contribution in [3.8, 4) is 0 Å². The van der Waals surface area contributed by atoms with Gasteiger partial charge in [-0.1, -0.05) is 35.5 Å². The molecule has 1 aromatic carbocycles. The van der Waals surface area contributed by atoms with Crippen LogP contribution in [0.2, 0.25) is 5.02 Å². The first-order valence-corrected chi connectivity index (χ1v) is 8.16. The van der Waals surface area contributed by atoms with Crippen molar-refractivity contribution in [2.24, 2.45) is 0 Å². The quantitative estimate of drug-likeness (QED) is 0.601. The fraction of sp³-hybridized carbons (Fsp3) is 0.200. The maximum Gasteiger partial charge on any atom is 0.325 e. The van der Waals surface area contributed by atoms with E-state index in [0.717, 1.165) is 5.56 Å². The third-order valence-corrected chi connectivity index (χ3v) is 4.15. The van der Waals surface area contributed by atoms with Gasteiger partial charge in [-0.25, -0.2) is 14.4 Å². The third kappa shape index (κ3) is 4.90. The summed E-state index contributed by atoms with van der Waals surface area (Å²) in [6, 6.07) is 4.91. The van der Waals surface area contributed by atoms with Gasteiger partial charge in [0.1, 0.15) is 11.9 Å². The van der Waals surface area contributed by atoms with Gasteiger partial charge in [0.2, 0.25) is 0 Å². The SMILES string of the molecule is CC(NC(=O)c1nc(SCc2ccc(F)cc2)ncc1Cl)C(=O)O. The van der Waals surface area contributed by atoms with E-state index in [4.69, 9.17) is 16.7 Å². The van der Waals surface area contributed by atoms with Crippen molar-refractivity contribution in [2.45, 2.75) is 23.9 Å². The first-order valence-electron chi connectivity index (χ1n) is 6.80. The molecule has 9 heteroatoms. The largest absolute Gasteiger partial charge is 0.480 e. The molecule has 1 aromatic heterocycles. The number of thioether (sulfide) groups is 1. The van der Waals surface area contributed by atoms with Crippen LogP contribution in [0.25, 0.3) is 0 Å². The van der Waals surface area contributed by atoms with Crippen LogP contribution in [0.15, 0.2) is 35.6 Å². The molecule has 1 unspecified atom stereocenters. The van der Waals surface area contributed by atoms with E-state index in [1.807, 2.05) is 0 Å². The molecule has 0 aliphatic carbocycles. The van der Waals surface area contributed by atoms with Crippen LogP contribution >= 0.6 is 23.4 Å². The van der Waals surface area contributed by atoms with Gasteiger partial charge in [-0.2, -0.15) is 0 Å². The monoisotopic (exact) mass is 369 g/mol. The first-order chi connectivity index (χ1) is 11.4. The number of aliphatic carboxylic acids is 1. The van der Waals surface area contributed by atoms with E-state index in [-0.39, 0.29) is 16.5 Å². The van der Waals surface area contributed by atoms with Crippen molar-refractivity contribution in [2.75, 3.05) is 0 Å². The smallest absolute Gasteiger partial charge is 0.325 e. The Labute approximate surface area is 146 Å². The number of carbonyl (C=O) groups excluding carboxylic acids is 1. The minimum atomic E-state index is -1.17. The molecule has 0 radical (unpaired) electrons. The number of hydrogen-bond acceptors (Lipinski definition) is 5. The summed E-state index contributed by atoms with van der Waals surface area (Å²) in [7, 11) is 0. The Morgan fingerprint density at radius 2 is 2.04 bits per heavy atom. The summed E-state index contributed by atoms with van der Waals surface area (Å²) in [4.78, 5) is 30.9. The first kappa shape index (κ1) is 18.2. The van der Waals surface area contributed by atoms with E-state index in [9.17, 15) is 14.0 Å². The molecule has 0 fully saturated rings. The summed E-state index contributed by atoms with van der Waals surface area (Å²) >= 11 is 7.15. The molecule has 1 atom stereocenters. The Morgan fingerprint density at radius 1 is 1.38 bits per heavy atom. The average Bonchev–Trinajstić information content (AvgIpc) is 2.55. The number of aromatic nitrogens is 2. The number of nitrogens with one attached hydrogen (secondary N) is 1. The summed E-state index contributed by atoms with van der Waals surface area (Å²) in [5.74, 6) is -1.70. The predicted molar refractivity (Wildman–Crippen MR) is 87.6 cm³/mol. The van der Waals surface area contributed by atoms with Crippen molar-refractivity contribution in [3.05, 3.63) is 52.6 Å². The molecule has 2 aromatic rings. The Balaban J connectivity index is 2.08. The van der Waals surface area contributed by atoms with Crippen molar-refractivity contribution >= 4 is 35.2 Å². The Bertz CT molecular complexity index is 758. The molecular weight excluding hydrogens is 357 g/mol. The average molecular weight is 370 g/mol. The Kier molecular flexibility index (Phi) is 6.10. The number of carboxylic acids is 1. The van der Waals surface area contributed by atoms with Crippen molar-refractivity contribution in [1.82, 2.24) is 15.3 Å². The van der Waals surface area contributed by atoms with Gasteiger partial charge in [0.15, 0.2) is 10.9 Å². The van der Waals surface area contributed by atoms with E-state index >= 15 is 0 Å². The number of amides is 1. The molecule has 24 heavy (non-hydrogen) atoms. The fourth-order valence-corrected chi connectivity index (χ4v) is 2.58. The van der Waals surface area contributed by atoms with Gasteiger partial charge < -0.3 is 10.4 Å². The highest BCUT2D eigenvalue weighted by atomic mass is 35.5. The number of halogens is 2. The number of benzene rings is 1. The summed E-state index contributed by atoms with van der Waals surface area (Å²) in [6.07, 6.45) is 1.28. The highest BCUT2D eigenvalue weighted by Gasteiger charge is 2.19. The second kappa shape index (κ2) is 8.07. The molecule has 0 saturated heterocycles. The standard InChI is InChI=1S/C15H13ClFN3O3S/c1-8(14(22)23)19-13(21)12-11(16)6-18-15(20-12)24-7-9-2-4-10(17)5-3-9/h2-6,8H,7H2,1H3,(H,19,21)(H,22,23). The number of carboxylic acid groups (broad SMARTS) is 1. The van der Waals surface area contributed by atoms with E-state index < -0.39 is 17.9 Å². The molecule has 0 aliphatic rings. The number of carbonyl (C=O) groups is 2. The van der Waals surface area contributed by atoms with Gasteiger partial charge in [0, 0.05) is 5.75 Å². The van der Waals surface area contributed by atoms with Crippen LogP contribution in [0, 0.1) is 5.82 Å². The zero-order chi connectivity index (χ0) is 17.7. The van der Waals surface area contributed by atoms with E-state index in [1.165, 1.54) is 37.0 Å². The molecule has 6 nitrogen and oxygen atoms in total. The van der Waals surface area contributed by atoms with Crippen LogP contribution in [0.5, 0.6) is 0 Å². The summed E-state index contributed by atoms with van der Waals surface area (Å²) < 4.78 is 12.9. The minimum absolute atomic E-state index is 0.0243. The molecule has 2 rings (SSSR count). The van der Waals surface area contributed by atoms with Crippen LogP contribution in [0.3, 0.4) is 0 Å². The zero-order valence-electron chi connectivity index (χ0n) is 12.5. The van der Waals surface area contributed by atoms with Crippen molar-refractivity contribution in [1.29, 1.82) is 0 Å². The van der Waals surface area contributed by atoms with E-state index in [1.54, 1.807) is 12.1 Å². The molecule has 0 saturated carbocycles. The van der Waals surface area contributed by atoms with Gasteiger partial charge in [-0.15, -0.1) is 0 Å². The lowest BCUT2D eigenvalue weighted by Gasteiger charge is -2.10. The normalized spacial score (nSPS) is 11.8. The molecule has 126 valence electrons. The van der Waals surface area contributed by atoms with E-state index in [0.29, 0.717) is 10.9 Å². The van der Waals surface area contributed by atoms with Gasteiger partial charge in [0.05, 0.1) is 11.2 Å². The van der Waals surface area contributed by atoms with Crippen molar-refractivity contribution < 1.29 is 19.1 Å². The Morgan fingerprint density at radius 3 is 2.67 bits per heavy atom. The van der Waals surface area contributed by atoms with Gasteiger partial charge in [-0.05, 0) is 24.6 Å². The molecule has 2 N–H and O–H groups in total. The summed E-state index contributed by atoms with van der Waals surface area (Å²) in [6.45, 7) is 1.33. The summed E-state index contributed by atoms with van der Waals surface area (Å²) in [5.41, 5.74) is 0.770. The molecule has 0 aliphatic heterocycles. The maximum atomic E-state index is 12.9. The maximum absolute atomic E-state index is 12.9. The lowest BCUT2D eigenvalue weighted by Crippen LogP contribution is -2.38. The van der Waals surface area contributed by atoms with Gasteiger partial charge in [0.25, 0.3) is 5.91 Å². The molecule has 1 heterocycles. The van der Waals surface area contributed by atoms with Crippen molar-refractivity contribution in [3.63, 3.8) is 0 Å². The summed E-state index contributed by atoms with van der Waals surface area (Å²) in [5, 5.41) is 11.4. The van der Waals surface area contributed by atoms with E-state index in [2.05, 4.69) is 15.3 Å². The third-order valence-electron chi connectivity index (χ3n) is 2.94. The molecular formula is C15H13ClFN3O3S. The second-order valence-electron chi connectivity index (χ2n) is 4.80. The van der Waals surface area contributed by atoms with Crippen LogP contribution in [-0.2, 0) is 10.5 Å². The lowest BCUT2D eigenvalue weighted by atomic mass is 10.2. The van der Waals surface area contributed by atoms with Crippen LogP contribution in [0.1, 0.15) is 23.0 Å². The van der Waals surface area contributed by atoms with Gasteiger partial charge in [-0.3, -0.25) is 9.59 Å². The number of rotatable bonds is 6. The van der Waals surface area contributed by atoms with Crippen LogP contribution < -0.4 is 5.32 Å². The molecule has 1 amide bonds. The second-order valence-corrected chi connectivity index (χ2v) is 6.15. The number of hydrogen-bond donors (Lipinski definition) is 2. The Hall–Kier alpha value is -2.19. The lowest BCUT2D eigenvalue weighted by molar-refractivity contribution is -0.138. The fourth-order valence-electron chi connectivity index (χ4n) is 1.63. The highest BCUT2D eigenvalue weighted by molar-refractivity contribution is 7.98. The van der Waals surface area contributed by atoms with Gasteiger partial charge >= 0.3 is 5.97 Å². The number of nitrogens with zero attached hydrogens (tertiary/aromatic N) is 2. The zero-order valence-corrected chi connectivity index (χ0v) is 14.1. The molecule has 0 bridgehead atoms. The topological polar surface area (TPSA) is 92.2 Å². The molecule has 0 spiro atoms. The van der Waals surface area contributed by atoms with Crippen LogP contribution in [0.4, 0.5) is 4.39 Å². The minimum Gasteiger partial charge on any atom is -0.480 e. The van der Waals surface area contributed by atoms with Crippen LogP contribution in [-0.4, -0.2) is 33.0 Å². The highest BCUT2D eigenvalue weighted by Crippen LogP contribution is 2.22. The predicted octanol–water partition coefficient (Wildman–Crippen LogP) is 2.76.